The minimum absolute atomic E-state index is 0.636. The van der Waals surface area contributed by atoms with Gasteiger partial charge in [0.05, 0.1) is 6.54 Å². The van der Waals surface area contributed by atoms with Gasteiger partial charge in [-0.3, -0.25) is 4.90 Å². The normalized spacial score (nSPS) is 25.4. The zero-order valence-corrected chi connectivity index (χ0v) is 12.5. The molecule has 1 aliphatic heterocycles. The SMILES string of the molecule is Cc1nc(CN2CCC[C@H](NCC3CCCC3)C2)no1. The Kier molecular flexibility index (Phi) is 4.68. The van der Waals surface area contributed by atoms with Crippen molar-refractivity contribution in [1.82, 2.24) is 20.4 Å². The average Bonchev–Trinajstić information content (AvgIpc) is 3.09. The lowest BCUT2D eigenvalue weighted by Gasteiger charge is -2.33. The van der Waals surface area contributed by atoms with Crippen LogP contribution in [0.25, 0.3) is 0 Å². The van der Waals surface area contributed by atoms with Crippen molar-refractivity contribution in [1.29, 1.82) is 0 Å². The molecule has 1 N–H and O–H groups in total. The van der Waals surface area contributed by atoms with Crippen molar-refractivity contribution in [2.75, 3.05) is 19.6 Å². The molecule has 0 aromatic carbocycles. The fourth-order valence-electron chi connectivity index (χ4n) is 3.52. The van der Waals surface area contributed by atoms with Gasteiger partial charge in [-0.1, -0.05) is 18.0 Å². The van der Waals surface area contributed by atoms with Crippen LogP contribution in [0, 0.1) is 12.8 Å². The van der Waals surface area contributed by atoms with Gasteiger partial charge in [0.2, 0.25) is 5.89 Å². The Morgan fingerprint density at radius 3 is 2.85 bits per heavy atom. The molecule has 1 saturated carbocycles. The van der Waals surface area contributed by atoms with E-state index in [1.807, 2.05) is 6.92 Å². The lowest BCUT2D eigenvalue weighted by atomic mass is 10.0. The van der Waals surface area contributed by atoms with Crippen LogP contribution in [-0.2, 0) is 6.54 Å². The van der Waals surface area contributed by atoms with Crippen molar-refractivity contribution in [3.63, 3.8) is 0 Å². The Morgan fingerprint density at radius 1 is 1.25 bits per heavy atom. The van der Waals surface area contributed by atoms with Crippen LogP contribution in [-0.4, -0.2) is 40.7 Å². The van der Waals surface area contributed by atoms with Gasteiger partial charge in [0, 0.05) is 19.5 Å². The summed E-state index contributed by atoms with van der Waals surface area (Å²) in [5.41, 5.74) is 0. The fourth-order valence-corrected chi connectivity index (χ4v) is 3.52. The number of nitrogens with zero attached hydrogens (tertiary/aromatic N) is 3. The van der Waals surface area contributed by atoms with Crippen molar-refractivity contribution in [2.24, 2.45) is 5.92 Å². The lowest BCUT2D eigenvalue weighted by molar-refractivity contribution is 0.175. The zero-order valence-electron chi connectivity index (χ0n) is 12.5. The maximum atomic E-state index is 5.04. The number of aryl methyl sites for hydroxylation is 1. The minimum Gasteiger partial charge on any atom is -0.340 e. The number of hydrogen-bond donors (Lipinski definition) is 1. The van der Waals surface area contributed by atoms with E-state index in [4.69, 9.17) is 4.52 Å². The van der Waals surface area contributed by atoms with Crippen LogP contribution in [0.15, 0.2) is 4.52 Å². The third-order valence-corrected chi connectivity index (χ3v) is 4.61. The topological polar surface area (TPSA) is 54.2 Å². The van der Waals surface area contributed by atoms with Crippen molar-refractivity contribution in [3.05, 3.63) is 11.7 Å². The van der Waals surface area contributed by atoms with Gasteiger partial charge in [-0.15, -0.1) is 0 Å². The molecule has 112 valence electrons. The fraction of sp³-hybridized carbons (Fsp3) is 0.867. The highest BCUT2D eigenvalue weighted by molar-refractivity contribution is 4.87. The van der Waals surface area contributed by atoms with E-state index in [1.54, 1.807) is 0 Å². The Hall–Kier alpha value is -0.940. The second-order valence-electron chi connectivity index (χ2n) is 6.36. The molecule has 5 heteroatoms. The van der Waals surface area contributed by atoms with E-state index >= 15 is 0 Å². The van der Waals surface area contributed by atoms with Crippen LogP contribution in [0.2, 0.25) is 0 Å². The Morgan fingerprint density at radius 2 is 2.10 bits per heavy atom. The molecular weight excluding hydrogens is 252 g/mol. The first-order valence-electron chi connectivity index (χ1n) is 8.04. The first kappa shape index (κ1) is 14.0. The van der Waals surface area contributed by atoms with Crippen LogP contribution < -0.4 is 5.32 Å². The third kappa shape index (κ3) is 3.79. The first-order valence-corrected chi connectivity index (χ1v) is 8.04. The van der Waals surface area contributed by atoms with E-state index in [1.165, 1.54) is 45.1 Å². The molecule has 1 saturated heterocycles. The second kappa shape index (κ2) is 6.68. The van der Waals surface area contributed by atoms with Crippen molar-refractivity contribution in [3.8, 4) is 0 Å². The van der Waals surface area contributed by atoms with Crippen LogP contribution >= 0.6 is 0 Å². The van der Waals surface area contributed by atoms with Crippen molar-refractivity contribution >= 4 is 0 Å². The number of likely N-dealkylation sites (tertiary alicyclic amines) is 1. The Labute approximate surface area is 121 Å². The predicted octanol–water partition coefficient (Wildman–Crippen LogP) is 2.12. The smallest absolute Gasteiger partial charge is 0.223 e. The zero-order chi connectivity index (χ0) is 13.8. The minimum atomic E-state index is 0.636. The standard InChI is InChI=1S/C15H26N4O/c1-12-17-15(18-20-12)11-19-8-4-7-14(10-19)16-9-13-5-2-3-6-13/h13-14,16H,2-11H2,1H3/t14-/m0/s1. The van der Waals surface area contributed by atoms with Gasteiger partial charge in [-0.2, -0.15) is 4.98 Å². The van der Waals surface area contributed by atoms with Gasteiger partial charge in [0.15, 0.2) is 5.82 Å². The largest absolute Gasteiger partial charge is 0.340 e. The molecule has 1 aliphatic carbocycles. The monoisotopic (exact) mass is 278 g/mol. The molecule has 0 unspecified atom stereocenters. The molecule has 0 amide bonds. The molecule has 2 heterocycles. The Balaban J connectivity index is 1.43. The molecule has 0 radical (unpaired) electrons. The Bertz CT molecular complexity index is 414. The molecular formula is C15H26N4O. The highest BCUT2D eigenvalue weighted by atomic mass is 16.5. The molecule has 0 spiro atoms. The maximum absolute atomic E-state index is 5.04. The number of piperidine rings is 1. The summed E-state index contributed by atoms with van der Waals surface area (Å²) in [7, 11) is 0. The highest BCUT2D eigenvalue weighted by Gasteiger charge is 2.22. The van der Waals surface area contributed by atoms with Crippen LogP contribution in [0.5, 0.6) is 0 Å². The van der Waals surface area contributed by atoms with Gasteiger partial charge in [-0.25, -0.2) is 0 Å². The van der Waals surface area contributed by atoms with Crippen LogP contribution in [0.4, 0.5) is 0 Å². The van der Waals surface area contributed by atoms with Gasteiger partial charge < -0.3 is 9.84 Å². The molecule has 2 fully saturated rings. The maximum Gasteiger partial charge on any atom is 0.223 e. The van der Waals surface area contributed by atoms with E-state index < -0.39 is 0 Å². The van der Waals surface area contributed by atoms with Gasteiger partial charge >= 0.3 is 0 Å². The van der Waals surface area contributed by atoms with Crippen molar-refractivity contribution < 1.29 is 4.52 Å². The van der Waals surface area contributed by atoms with Crippen molar-refractivity contribution in [2.45, 2.75) is 58.0 Å². The average molecular weight is 278 g/mol. The predicted molar refractivity (Wildman–Crippen MR) is 77.3 cm³/mol. The number of nitrogens with one attached hydrogen (secondary N) is 1. The quantitative estimate of drug-likeness (QED) is 0.894. The van der Waals surface area contributed by atoms with E-state index in [0.717, 1.165) is 31.4 Å². The molecule has 1 atom stereocenters. The van der Waals surface area contributed by atoms with E-state index in [9.17, 15) is 0 Å². The third-order valence-electron chi connectivity index (χ3n) is 4.61. The summed E-state index contributed by atoms with van der Waals surface area (Å²) in [5.74, 6) is 2.40. The molecule has 2 aliphatic rings. The summed E-state index contributed by atoms with van der Waals surface area (Å²) in [4.78, 5) is 6.74. The van der Waals surface area contributed by atoms with Gasteiger partial charge in [0.1, 0.15) is 0 Å². The van der Waals surface area contributed by atoms with Crippen LogP contribution in [0.1, 0.15) is 50.2 Å². The summed E-state index contributed by atoms with van der Waals surface area (Å²) in [6, 6.07) is 0.636. The van der Waals surface area contributed by atoms with Gasteiger partial charge in [-0.05, 0) is 44.7 Å². The summed E-state index contributed by atoms with van der Waals surface area (Å²) in [6.07, 6.45) is 8.27. The number of aromatic nitrogens is 2. The summed E-state index contributed by atoms with van der Waals surface area (Å²) in [6.45, 7) is 6.13. The molecule has 0 bridgehead atoms. The molecule has 1 aromatic rings. The van der Waals surface area contributed by atoms with Crippen LogP contribution in [0.3, 0.4) is 0 Å². The molecule has 1 aromatic heterocycles. The molecule has 3 rings (SSSR count). The molecule has 5 nitrogen and oxygen atoms in total. The molecule has 20 heavy (non-hydrogen) atoms. The van der Waals surface area contributed by atoms with E-state index in [2.05, 4.69) is 20.4 Å². The van der Waals surface area contributed by atoms with E-state index in [0.29, 0.717) is 11.9 Å². The lowest BCUT2D eigenvalue weighted by Crippen LogP contribution is -2.46. The van der Waals surface area contributed by atoms with E-state index in [-0.39, 0.29) is 0 Å². The number of hydrogen-bond acceptors (Lipinski definition) is 5. The first-order chi connectivity index (χ1) is 9.79. The summed E-state index contributed by atoms with van der Waals surface area (Å²) < 4.78 is 5.04. The second-order valence-corrected chi connectivity index (χ2v) is 6.36. The highest BCUT2D eigenvalue weighted by Crippen LogP contribution is 2.24. The number of rotatable bonds is 5. The summed E-state index contributed by atoms with van der Waals surface area (Å²) >= 11 is 0. The van der Waals surface area contributed by atoms with Gasteiger partial charge in [0.25, 0.3) is 0 Å². The summed E-state index contributed by atoms with van der Waals surface area (Å²) in [5, 5.41) is 7.77.